The predicted molar refractivity (Wildman–Crippen MR) is 189 cm³/mol. The lowest BCUT2D eigenvalue weighted by Gasteiger charge is -2.28. The van der Waals surface area contributed by atoms with Crippen LogP contribution in [0.15, 0.2) is 107 Å². The van der Waals surface area contributed by atoms with Gasteiger partial charge in [-0.05, 0) is 75.2 Å². The summed E-state index contributed by atoms with van der Waals surface area (Å²) in [6.07, 6.45) is 0. The number of ether oxygens (including phenoxy) is 2. The van der Waals surface area contributed by atoms with Gasteiger partial charge in [-0.15, -0.1) is 11.3 Å². The van der Waals surface area contributed by atoms with E-state index in [0.717, 1.165) is 4.70 Å². The first-order valence-corrected chi connectivity index (χ1v) is 16.2. The molecule has 0 saturated carbocycles. The van der Waals surface area contributed by atoms with Crippen molar-refractivity contribution >= 4 is 66.5 Å². The Morgan fingerprint density at radius 3 is 1.76 bits per heavy atom. The number of nitrogens with zero attached hydrogens (tertiary/aromatic N) is 6. The van der Waals surface area contributed by atoms with E-state index in [1.54, 1.807) is 78.9 Å². The zero-order chi connectivity index (χ0) is 35.5. The van der Waals surface area contributed by atoms with E-state index in [0.29, 0.717) is 54.7 Å². The standard InChI is InChI=1S/C39H21N7O4S/c40-17-27(18-41)44-35-13-25-11-31-29(15-33(25)46-35)30-16-34-26(14-36(51-34)45-28(19-42)20-43)12-32(30)39(31,37(47)49-21-23-7-3-1-4-8-23)38(48)50-22-24-9-5-2-6-10-24/h1-16,46H,21-22H2. The Morgan fingerprint density at radius 1 is 0.667 bits per heavy atom. The molecule has 242 valence electrons. The maximum absolute atomic E-state index is 14.7. The van der Waals surface area contributed by atoms with Crippen LogP contribution in [0.3, 0.4) is 0 Å². The maximum atomic E-state index is 14.7. The van der Waals surface area contributed by atoms with Gasteiger partial charge in [0.05, 0.1) is 0 Å². The predicted octanol–water partition coefficient (Wildman–Crippen LogP) is 7.38. The normalized spacial score (nSPS) is 11.9. The van der Waals surface area contributed by atoms with Gasteiger partial charge in [-0.3, -0.25) is 9.59 Å². The number of benzene rings is 4. The van der Waals surface area contributed by atoms with E-state index in [2.05, 4.69) is 15.0 Å². The van der Waals surface area contributed by atoms with Crippen LogP contribution in [0.5, 0.6) is 0 Å². The van der Waals surface area contributed by atoms with Crippen LogP contribution >= 0.6 is 11.3 Å². The first-order chi connectivity index (χ1) is 24.9. The number of hydrogen-bond acceptors (Lipinski definition) is 11. The maximum Gasteiger partial charge on any atom is 0.333 e. The van der Waals surface area contributed by atoms with Crippen molar-refractivity contribution in [3.8, 4) is 35.4 Å². The minimum absolute atomic E-state index is 0.112. The fourth-order valence-electron chi connectivity index (χ4n) is 6.13. The van der Waals surface area contributed by atoms with E-state index in [1.807, 2.05) is 42.5 Å². The van der Waals surface area contributed by atoms with E-state index in [9.17, 15) is 30.6 Å². The molecule has 0 amide bonds. The average molecular weight is 684 g/mol. The Balaban J connectivity index is 1.47. The van der Waals surface area contributed by atoms with Gasteiger partial charge in [0.15, 0.2) is 0 Å². The third-order valence-electron chi connectivity index (χ3n) is 8.40. The highest BCUT2D eigenvalue weighted by Gasteiger charge is 2.58. The Bertz CT molecular complexity index is 2410. The molecule has 0 fully saturated rings. The van der Waals surface area contributed by atoms with Gasteiger partial charge >= 0.3 is 11.9 Å². The zero-order valence-electron chi connectivity index (χ0n) is 26.4. The highest BCUT2D eigenvalue weighted by Crippen LogP contribution is 2.54. The summed E-state index contributed by atoms with van der Waals surface area (Å²) in [4.78, 5) is 40.8. The number of aromatic nitrogens is 1. The number of aliphatic imine (C=N–C) groups is 2. The Kier molecular flexibility index (Phi) is 8.37. The van der Waals surface area contributed by atoms with E-state index >= 15 is 0 Å². The van der Waals surface area contributed by atoms with E-state index in [-0.39, 0.29) is 30.5 Å². The summed E-state index contributed by atoms with van der Waals surface area (Å²) in [7, 11) is 0. The number of carbonyl (C=O) groups is 2. The largest absolute Gasteiger partial charge is 0.459 e. The van der Waals surface area contributed by atoms with Gasteiger partial charge in [-0.2, -0.15) is 21.0 Å². The topological polar surface area (TPSA) is 188 Å². The van der Waals surface area contributed by atoms with Crippen LogP contribution in [-0.2, 0) is 37.7 Å². The second-order valence-electron chi connectivity index (χ2n) is 11.4. The molecule has 12 heteroatoms. The number of nitrogens with one attached hydrogen (secondary N) is 1. The molecule has 1 aliphatic rings. The molecule has 1 aliphatic carbocycles. The van der Waals surface area contributed by atoms with Crippen LogP contribution in [0.1, 0.15) is 22.3 Å². The molecule has 0 atom stereocenters. The van der Waals surface area contributed by atoms with Crippen LogP contribution in [0, 0.1) is 45.3 Å². The molecule has 0 aliphatic heterocycles. The lowest BCUT2D eigenvalue weighted by atomic mass is 9.77. The van der Waals surface area contributed by atoms with Crippen molar-refractivity contribution in [2.75, 3.05) is 0 Å². The highest BCUT2D eigenvalue weighted by molar-refractivity contribution is 7.22. The molecule has 51 heavy (non-hydrogen) atoms. The van der Waals surface area contributed by atoms with Crippen molar-refractivity contribution in [3.63, 3.8) is 0 Å². The summed E-state index contributed by atoms with van der Waals surface area (Å²) in [6, 6.07) is 35.5. The SMILES string of the molecule is N#CC(C#N)=Nc1cc2cc3c(cc2[nH]1)-c1cc2sc(N=C(C#N)C#N)cc2cc1C3(C(=O)OCc1ccccc1)C(=O)OCc1ccccc1. The molecule has 6 aromatic rings. The minimum Gasteiger partial charge on any atom is -0.459 e. The van der Waals surface area contributed by atoms with Crippen LogP contribution in [0.25, 0.3) is 32.1 Å². The molecular weight excluding hydrogens is 663 g/mol. The van der Waals surface area contributed by atoms with Crippen molar-refractivity contribution in [1.29, 1.82) is 21.0 Å². The van der Waals surface area contributed by atoms with Gasteiger partial charge in [-0.1, -0.05) is 60.7 Å². The number of esters is 2. The molecule has 0 saturated heterocycles. The summed E-state index contributed by atoms with van der Waals surface area (Å²) in [5.74, 6) is -1.46. The van der Waals surface area contributed by atoms with Gasteiger partial charge in [0.25, 0.3) is 0 Å². The zero-order valence-corrected chi connectivity index (χ0v) is 27.2. The number of aromatic amines is 1. The molecule has 0 spiro atoms. The number of thiophene rings is 1. The first-order valence-electron chi connectivity index (χ1n) is 15.3. The van der Waals surface area contributed by atoms with Crippen LogP contribution in [0.2, 0.25) is 0 Å². The van der Waals surface area contributed by atoms with Gasteiger partial charge in [0, 0.05) is 15.6 Å². The molecular formula is C39H21N7O4S. The number of hydrogen-bond donors (Lipinski definition) is 1. The van der Waals surface area contributed by atoms with Gasteiger partial charge < -0.3 is 14.5 Å². The van der Waals surface area contributed by atoms with Crippen molar-refractivity contribution in [3.05, 3.63) is 119 Å². The number of nitriles is 4. The van der Waals surface area contributed by atoms with E-state index in [1.165, 1.54) is 11.3 Å². The van der Waals surface area contributed by atoms with Gasteiger partial charge in [0.1, 0.15) is 48.3 Å². The summed E-state index contributed by atoms with van der Waals surface area (Å²) >= 11 is 1.24. The van der Waals surface area contributed by atoms with Gasteiger partial charge in [-0.25, -0.2) is 9.98 Å². The van der Waals surface area contributed by atoms with Crippen molar-refractivity contribution in [2.45, 2.75) is 18.6 Å². The van der Waals surface area contributed by atoms with Gasteiger partial charge in [0.2, 0.25) is 16.8 Å². The third kappa shape index (κ3) is 5.75. The molecule has 0 unspecified atom stereocenters. The lowest BCUT2D eigenvalue weighted by molar-refractivity contribution is -0.164. The highest BCUT2D eigenvalue weighted by atomic mass is 32.1. The average Bonchev–Trinajstić information content (AvgIpc) is 3.83. The van der Waals surface area contributed by atoms with Crippen LogP contribution < -0.4 is 0 Å². The number of fused-ring (bicyclic) bond motifs is 5. The first kappa shape index (κ1) is 32.2. The van der Waals surface area contributed by atoms with Crippen LogP contribution in [0.4, 0.5) is 10.8 Å². The molecule has 4 aromatic carbocycles. The van der Waals surface area contributed by atoms with Crippen molar-refractivity contribution in [1.82, 2.24) is 4.98 Å². The Morgan fingerprint density at radius 2 is 1.20 bits per heavy atom. The molecule has 0 bridgehead atoms. The second kappa shape index (κ2) is 13.3. The smallest absolute Gasteiger partial charge is 0.333 e. The quantitative estimate of drug-likeness (QED) is 0.0977. The molecule has 2 aromatic heterocycles. The summed E-state index contributed by atoms with van der Waals surface area (Å²) < 4.78 is 12.7. The minimum atomic E-state index is -2.09. The van der Waals surface area contributed by atoms with E-state index in [4.69, 9.17) is 9.47 Å². The molecule has 0 radical (unpaired) electrons. The Hall–Kier alpha value is -7.38. The third-order valence-corrected chi connectivity index (χ3v) is 9.39. The Labute approximate surface area is 294 Å². The monoisotopic (exact) mass is 683 g/mol. The van der Waals surface area contributed by atoms with Crippen molar-refractivity contribution < 1.29 is 19.1 Å². The lowest BCUT2D eigenvalue weighted by Crippen LogP contribution is -2.45. The molecule has 1 N–H and O–H groups in total. The van der Waals surface area contributed by atoms with Crippen molar-refractivity contribution in [2.24, 2.45) is 9.98 Å². The number of H-pyrrole nitrogens is 1. The molecule has 7 rings (SSSR count). The fourth-order valence-corrected chi connectivity index (χ4v) is 7.09. The summed E-state index contributed by atoms with van der Waals surface area (Å²) in [5, 5.41) is 38.7. The second-order valence-corrected chi connectivity index (χ2v) is 12.5. The summed E-state index contributed by atoms with van der Waals surface area (Å²) in [5.41, 5.74) is 1.01. The number of rotatable bonds is 8. The fraction of sp³-hybridized carbons (Fsp3) is 0.0769. The molecule has 11 nitrogen and oxygen atoms in total. The number of carbonyl (C=O) groups excluding carboxylic acids is 2. The summed E-state index contributed by atoms with van der Waals surface area (Å²) in [6.45, 7) is -0.224. The molecule has 2 heterocycles. The van der Waals surface area contributed by atoms with Crippen LogP contribution in [-0.4, -0.2) is 28.3 Å². The van der Waals surface area contributed by atoms with E-state index < -0.39 is 17.4 Å².